The molecule has 1 aliphatic rings. The number of allylic oxidation sites excluding steroid dienone is 1. The van der Waals surface area contributed by atoms with Crippen LogP contribution in [0.2, 0.25) is 0 Å². The van der Waals surface area contributed by atoms with Crippen LogP contribution < -0.4 is 15.0 Å². The molecule has 7 nitrogen and oxygen atoms in total. The van der Waals surface area contributed by atoms with E-state index >= 15 is 0 Å². The van der Waals surface area contributed by atoms with Gasteiger partial charge in [0.25, 0.3) is 0 Å². The number of hydrazone groups is 1. The zero-order valence-corrected chi connectivity index (χ0v) is 18.0. The molecule has 0 radical (unpaired) electrons. The number of hydrogen-bond donors (Lipinski definition) is 3. The number of nitrogens with one attached hydrogen (secondary N) is 1. The minimum absolute atomic E-state index is 0.233. The van der Waals surface area contributed by atoms with Crippen molar-refractivity contribution < 1.29 is 19.8 Å². The molecule has 4 aromatic rings. The number of benzene rings is 4. The fourth-order valence-electron chi connectivity index (χ4n) is 3.38. The molecule has 0 saturated carbocycles. The number of nitrogens with zero attached hydrogens (tertiary/aromatic N) is 2. The smallest absolute Gasteiger partial charge is 0.217 e. The number of ether oxygens (including phenoxy) is 1. The standard InChI is InChI=1S/C27H21N3O4/c31-23-9-1-19(2-10-23)21-5-13-25(14-6-21)33-27-17-18-28-30(29-27)34-26-15-7-22(8-16-26)20-3-11-24(32)12-4-20/h1-18,29,31-32H. The van der Waals surface area contributed by atoms with Crippen LogP contribution >= 0.6 is 0 Å². The number of phenols is 2. The highest BCUT2D eigenvalue weighted by Crippen LogP contribution is 2.26. The Balaban J connectivity index is 1.19. The molecule has 168 valence electrons. The van der Waals surface area contributed by atoms with Crippen molar-refractivity contribution in [3.8, 4) is 45.3 Å². The highest BCUT2D eigenvalue weighted by Gasteiger charge is 2.12. The summed E-state index contributed by atoms with van der Waals surface area (Å²) in [7, 11) is 0. The van der Waals surface area contributed by atoms with E-state index in [4.69, 9.17) is 9.57 Å². The van der Waals surface area contributed by atoms with Crippen LogP contribution in [0.25, 0.3) is 22.3 Å². The van der Waals surface area contributed by atoms with Gasteiger partial charge in [-0.1, -0.05) is 48.5 Å². The van der Waals surface area contributed by atoms with Gasteiger partial charge in [-0.25, -0.2) is 5.43 Å². The molecule has 0 saturated heterocycles. The summed E-state index contributed by atoms with van der Waals surface area (Å²) in [5.74, 6) is 2.16. The molecule has 0 aliphatic carbocycles. The van der Waals surface area contributed by atoms with E-state index in [-0.39, 0.29) is 11.5 Å². The average molecular weight is 451 g/mol. The fraction of sp³-hybridized carbons (Fsp3) is 0. The van der Waals surface area contributed by atoms with E-state index in [1.165, 1.54) is 5.28 Å². The number of rotatable bonds is 6. The Morgan fingerprint density at radius 2 is 1.03 bits per heavy atom. The quantitative estimate of drug-likeness (QED) is 0.361. The van der Waals surface area contributed by atoms with E-state index in [1.54, 1.807) is 36.6 Å². The Hall–Kier alpha value is -4.91. The summed E-state index contributed by atoms with van der Waals surface area (Å²) in [4.78, 5) is 5.76. The average Bonchev–Trinajstić information content (AvgIpc) is 2.86. The van der Waals surface area contributed by atoms with Crippen LogP contribution in [0, 0.1) is 0 Å². The molecule has 3 N–H and O–H groups in total. The Bertz CT molecular complexity index is 1310. The molecule has 0 amide bonds. The highest BCUT2D eigenvalue weighted by molar-refractivity contribution is 5.72. The molecule has 7 heteroatoms. The molecule has 0 unspecified atom stereocenters. The first kappa shape index (κ1) is 21.0. The first-order valence-corrected chi connectivity index (χ1v) is 10.6. The van der Waals surface area contributed by atoms with Crippen molar-refractivity contribution in [1.29, 1.82) is 0 Å². The van der Waals surface area contributed by atoms with Gasteiger partial charge in [0.2, 0.25) is 5.88 Å². The van der Waals surface area contributed by atoms with Crippen molar-refractivity contribution in [3.05, 3.63) is 109 Å². The normalized spacial score (nSPS) is 12.6. The third-order valence-corrected chi connectivity index (χ3v) is 5.13. The lowest BCUT2D eigenvalue weighted by atomic mass is 10.1. The van der Waals surface area contributed by atoms with Gasteiger partial charge >= 0.3 is 0 Å². The molecule has 0 spiro atoms. The number of aromatic hydroxyl groups is 2. The van der Waals surface area contributed by atoms with E-state index in [0.717, 1.165) is 22.3 Å². The Kier molecular flexibility index (Phi) is 5.73. The summed E-state index contributed by atoms with van der Waals surface area (Å²) in [6.45, 7) is 0. The van der Waals surface area contributed by atoms with Gasteiger partial charge in [0.05, 0.1) is 6.21 Å². The topological polar surface area (TPSA) is 86.6 Å². The maximum Gasteiger partial charge on any atom is 0.217 e. The molecule has 1 heterocycles. The van der Waals surface area contributed by atoms with E-state index in [9.17, 15) is 10.2 Å². The molecule has 1 aliphatic heterocycles. The van der Waals surface area contributed by atoms with Crippen LogP contribution in [-0.4, -0.2) is 21.7 Å². The second kappa shape index (κ2) is 9.30. The third-order valence-electron chi connectivity index (χ3n) is 5.13. The van der Waals surface area contributed by atoms with E-state index in [2.05, 4.69) is 10.5 Å². The lowest BCUT2D eigenvalue weighted by molar-refractivity contribution is -0.104. The van der Waals surface area contributed by atoms with Crippen LogP contribution in [0.5, 0.6) is 23.0 Å². The second-order valence-electron chi connectivity index (χ2n) is 7.52. The Labute approximate surface area is 196 Å². The second-order valence-corrected chi connectivity index (χ2v) is 7.52. The first-order chi connectivity index (χ1) is 16.6. The minimum Gasteiger partial charge on any atom is -0.508 e. The molecule has 4 aromatic carbocycles. The van der Waals surface area contributed by atoms with Crippen LogP contribution in [0.1, 0.15) is 0 Å². The summed E-state index contributed by atoms with van der Waals surface area (Å²) < 4.78 is 5.90. The van der Waals surface area contributed by atoms with E-state index < -0.39 is 0 Å². The molecule has 0 fully saturated rings. The predicted molar refractivity (Wildman–Crippen MR) is 130 cm³/mol. The highest BCUT2D eigenvalue weighted by atomic mass is 16.7. The van der Waals surface area contributed by atoms with Crippen LogP contribution in [0.3, 0.4) is 0 Å². The van der Waals surface area contributed by atoms with Gasteiger partial charge in [-0.05, 0) is 76.1 Å². The van der Waals surface area contributed by atoms with Gasteiger partial charge in [-0.15, -0.1) is 5.10 Å². The third kappa shape index (κ3) is 4.94. The van der Waals surface area contributed by atoms with Crippen molar-refractivity contribution >= 4 is 6.21 Å². The Morgan fingerprint density at radius 1 is 0.588 bits per heavy atom. The summed E-state index contributed by atoms with van der Waals surface area (Å²) in [6.07, 6.45) is 3.27. The zero-order chi connectivity index (χ0) is 23.3. The van der Waals surface area contributed by atoms with Gasteiger partial charge < -0.3 is 19.8 Å². The molecule has 0 atom stereocenters. The monoisotopic (exact) mass is 451 g/mol. The predicted octanol–water partition coefficient (Wildman–Crippen LogP) is 5.45. The van der Waals surface area contributed by atoms with E-state index in [0.29, 0.717) is 17.4 Å². The van der Waals surface area contributed by atoms with Crippen LogP contribution in [0.15, 0.2) is 114 Å². The van der Waals surface area contributed by atoms with Gasteiger partial charge in [0.15, 0.2) is 5.75 Å². The molecule has 0 bridgehead atoms. The van der Waals surface area contributed by atoms with Crippen LogP contribution in [-0.2, 0) is 0 Å². The summed E-state index contributed by atoms with van der Waals surface area (Å²) in [5, 5.41) is 24.2. The van der Waals surface area contributed by atoms with Crippen molar-refractivity contribution in [2.24, 2.45) is 5.10 Å². The van der Waals surface area contributed by atoms with Crippen molar-refractivity contribution in [2.75, 3.05) is 0 Å². The summed E-state index contributed by atoms with van der Waals surface area (Å²) >= 11 is 0. The Morgan fingerprint density at radius 3 is 1.53 bits per heavy atom. The molecule has 0 aromatic heterocycles. The summed E-state index contributed by atoms with van der Waals surface area (Å²) in [5.41, 5.74) is 6.96. The van der Waals surface area contributed by atoms with Gasteiger partial charge in [-0.2, -0.15) is 0 Å². The van der Waals surface area contributed by atoms with Gasteiger partial charge in [0.1, 0.15) is 17.2 Å². The largest absolute Gasteiger partial charge is 0.508 e. The van der Waals surface area contributed by atoms with Crippen molar-refractivity contribution in [1.82, 2.24) is 10.7 Å². The van der Waals surface area contributed by atoms with Crippen molar-refractivity contribution in [2.45, 2.75) is 0 Å². The van der Waals surface area contributed by atoms with E-state index in [1.807, 2.05) is 72.8 Å². The fourth-order valence-corrected chi connectivity index (χ4v) is 3.38. The minimum atomic E-state index is 0.233. The van der Waals surface area contributed by atoms with Crippen molar-refractivity contribution in [3.63, 3.8) is 0 Å². The molecular formula is C27H21N3O4. The van der Waals surface area contributed by atoms with Crippen LogP contribution in [0.4, 0.5) is 0 Å². The molecular weight excluding hydrogens is 430 g/mol. The lowest BCUT2D eigenvalue weighted by Gasteiger charge is -2.23. The maximum atomic E-state index is 9.45. The van der Waals surface area contributed by atoms with Gasteiger partial charge in [0, 0.05) is 6.08 Å². The zero-order valence-electron chi connectivity index (χ0n) is 18.0. The maximum absolute atomic E-state index is 9.45. The lowest BCUT2D eigenvalue weighted by Crippen LogP contribution is -2.39. The number of phenolic OH excluding ortho intramolecular Hbond substituents is 2. The SMILES string of the molecule is Oc1ccc(-c2ccc(OC3=CC=NN(Oc4ccc(-c5ccc(O)cc5)cc4)N3)cc2)cc1. The molecule has 5 rings (SSSR count). The number of hydrazine groups is 1. The molecule has 34 heavy (non-hydrogen) atoms. The summed E-state index contributed by atoms with van der Waals surface area (Å²) in [6, 6.07) is 29.2. The number of hydrogen-bond acceptors (Lipinski definition) is 7. The first-order valence-electron chi connectivity index (χ1n) is 10.6. The van der Waals surface area contributed by atoms with Gasteiger partial charge in [-0.3, -0.25) is 0 Å².